The predicted molar refractivity (Wildman–Crippen MR) is 497 cm³/mol. The van der Waals surface area contributed by atoms with Crippen LogP contribution >= 0.6 is 0 Å². The van der Waals surface area contributed by atoms with Crippen molar-refractivity contribution in [1.82, 2.24) is 0 Å². The number of nitrogens with zero attached hydrogens (tertiary/aromatic N) is 4. The van der Waals surface area contributed by atoms with E-state index in [0.717, 1.165) is 39.7 Å². The van der Waals surface area contributed by atoms with Crippen molar-refractivity contribution in [2.24, 2.45) is 0 Å². The molecule has 558 valence electrons. The van der Waals surface area contributed by atoms with Gasteiger partial charge >= 0.3 is 0 Å². The molecule has 0 atom stereocenters. The molecule has 3 aliphatic carbocycles. The zero-order valence-corrected chi connectivity index (χ0v) is 68.5. The normalized spacial score (nSPS) is 13.7. The topological polar surface area (TPSA) is 34.6 Å². The Morgan fingerprint density at radius 2 is 0.470 bits per heavy atom. The molecule has 4 nitrogen and oxygen atoms in total. The monoisotopic (exact) mass is 1530 g/mol. The molecular weight excluding hydrogens is 1450 g/mol. The average molecular weight is 1530 g/mol. The van der Waals surface area contributed by atoms with Gasteiger partial charge in [0.25, 0.3) is 0 Å². The number of fused-ring (bicyclic) bond motifs is 9. The molecule has 19 rings (SSSR count). The van der Waals surface area contributed by atoms with E-state index in [4.69, 9.17) is 6.57 Å². The third kappa shape index (κ3) is 12.5. The highest BCUT2D eigenvalue weighted by atomic mass is 28.3. The van der Waals surface area contributed by atoms with Crippen LogP contribution in [0.2, 0.25) is 0 Å². The maximum atomic E-state index is 9.95. The van der Waals surface area contributed by atoms with Crippen LogP contribution in [0, 0.1) is 17.9 Å². The third-order valence-electron chi connectivity index (χ3n) is 25.4. The van der Waals surface area contributed by atoms with Gasteiger partial charge in [0.1, 0.15) is 0 Å². The third-order valence-corrected chi connectivity index (χ3v) is 35.0. The van der Waals surface area contributed by atoms with Crippen molar-refractivity contribution in [3.05, 3.63) is 461 Å². The minimum Gasteiger partial charge on any atom is -0.311 e. The van der Waals surface area contributed by atoms with Crippen LogP contribution in [-0.4, -0.2) is 16.1 Å². The molecule has 0 amide bonds. The van der Waals surface area contributed by atoms with Gasteiger partial charge in [0.05, 0.1) is 18.2 Å². The van der Waals surface area contributed by atoms with E-state index in [1.165, 1.54) is 125 Å². The summed E-state index contributed by atoms with van der Waals surface area (Å²) in [4.78, 5) is 8.47. The summed E-state index contributed by atoms with van der Waals surface area (Å²) >= 11 is 0. The van der Waals surface area contributed by atoms with E-state index in [2.05, 4.69) is 451 Å². The Morgan fingerprint density at radius 1 is 0.256 bits per heavy atom. The Hall–Kier alpha value is -14.0. The van der Waals surface area contributed by atoms with Gasteiger partial charge in [-0.3, -0.25) is 0 Å². The lowest BCUT2D eigenvalue weighted by molar-refractivity contribution is 0.660. The maximum Gasteiger partial charge on any atom is 0.187 e. The van der Waals surface area contributed by atoms with E-state index in [1.807, 2.05) is 24.3 Å². The number of rotatable bonds is 18. The van der Waals surface area contributed by atoms with Crippen molar-refractivity contribution < 1.29 is 0 Å². The molecule has 117 heavy (non-hydrogen) atoms. The minimum absolute atomic E-state index is 0.219. The molecule has 16 aromatic rings. The van der Waals surface area contributed by atoms with Gasteiger partial charge in [0, 0.05) is 50.4 Å². The molecule has 0 fully saturated rings. The smallest absolute Gasteiger partial charge is 0.187 e. The fourth-order valence-corrected chi connectivity index (χ4v) is 28.9. The second-order valence-electron chi connectivity index (χ2n) is 33.0. The molecule has 0 N–H and O–H groups in total. The van der Waals surface area contributed by atoms with Crippen LogP contribution < -0.4 is 51.3 Å². The van der Waals surface area contributed by atoms with E-state index in [9.17, 15) is 5.26 Å². The van der Waals surface area contributed by atoms with Crippen molar-refractivity contribution in [3.63, 3.8) is 0 Å². The standard InChI is InChI=1S/C111H86N4Si2/c1-109(2)103-70-77(38-40-79-46-66-99-101-68-58-87(74-107(101)110(3,4)105(99)72-79)114(83-50-42-81(76-112)43-51-83)85-54-60-95(61-55-85)116(89-26-14-8-15-27-89,90-28-16-9-17-29-90)91-30-18-10-19-31-91)44-64-97(103)98-65-45-78(71-104(98)109)39-41-80-47-67-100-102-69-59-88(75-108(102)111(5,6)106(100)73-80)115(84-52-48-82(113-7)49-53-84)86-56-62-96(63-57-86)117(92-32-20-11-21-33-92,93-34-22-12-23-35-93)94-36-24-13-25-37-94/h8-75H,1-6H3. The summed E-state index contributed by atoms with van der Waals surface area (Å²) in [5.41, 5.74) is 26.8. The number of hydrogen-bond donors (Lipinski definition) is 0. The molecule has 0 radical (unpaired) electrons. The molecule has 0 heterocycles. The molecule has 0 spiro atoms. The fraction of sp³-hybridized carbons (Fsp3) is 0.0811. The Bertz CT molecular complexity index is 6020. The molecule has 0 saturated carbocycles. The lowest BCUT2D eigenvalue weighted by atomic mass is 9.81. The highest BCUT2D eigenvalue weighted by molar-refractivity contribution is 7.20. The SMILES string of the molecule is [C-]#[N+]c1ccc(N(c2ccc([Si](c3ccccc3)(c3ccccc3)c3ccccc3)cc2)c2ccc3c(c2)C(C)(C)c2cc(C=Cc4ccc5c(c4)C(C)(C)c4cc(C=Cc6ccc7c(c6)C(C)(C)c6cc(N(c8ccc(C#N)cc8)c8ccc([Si](c9ccccc9)(c9ccccc9)c9ccccc9)cc8)ccc6-7)ccc4-5)ccc2-3)cc1. The minimum atomic E-state index is -2.77. The first-order chi connectivity index (χ1) is 57.1. The molecule has 0 aliphatic heterocycles. The Balaban J connectivity index is 0.569. The second kappa shape index (κ2) is 29.4. The first-order valence-electron chi connectivity index (χ1n) is 40.5. The zero-order valence-electron chi connectivity index (χ0n) is 66.5. The summed E-state index contributed by atoms with van der Waals surface area (Å²) in [6.07, 6.45) is 9.14. The fourth-order valence-electron chi connectivity index (χ4n) is 19.4. The Kier molecular flexibility index (Phi) is 18.4. The Morgan fingerprint density at radius 3 is 0.718 bits per heavy atom. The average Bonchev–Trinajstić information content (AvgIpc) is 1.59. The molecule has 0 aromatic heterocycles. The van der Waals surface area contributed by atoms with Gasteiger partial charge in [-0.15, -0.1) is 0 Å². The summed E-state index contributed by atoms with van der Waals surface area (Å²) in [6, 6.07) is 145. The van der Waals surface area contributed by atoms with Gasteiger partial charge in [0.2, 0.25) is 0 Å². The van der Waals surface area contributed by atoms with Crippen molar-refractivity contribution in [1.29, 1.82) is 5.26 Å². The zero-order chi connectivity index (χ0) is 79.6. The van der Waals surface area contributed by atoms with Crippen molar-refractivity contribution in [3.8, 4) is 39.4 Å². The van der Waals surface area contributed by atoms with Crippen LogP contribution in [0.1, 0.15) is 103 Å². The summed E-state index contributed by atoms with van der Waals surface area (Å²) in [6.45, 7) is 22.1. The molecular formula is C111H86N4Si2. The molecule has 6 heteroatoms. The van der Waals surface area contributed by atoms with E-state index in [1.54, 1.807) is 0 Å². The van der Waals surface area contributed by atoms with Gasteiger partial charge in [-0.1, -0.05) is 369 Å². The van der Waals surface area contributed by atoms with E-state index < -0.39 is 16.1 Å². The van der Waals surface area contributed by atoms with Crippen LogP contribution in [0.4, 0.5) is 39.8 Å². The number of nitriles is 1. The molecule has 3 aliphatic rings. The van der Waals surface area contributed by atoms with Gasteiger partial charge < -0.3 is 9.80 Å². The molecule has 0 saturated heterocycles. The van der Waals surface area contributed by atoms with Gasteiger partial charge in [-0.2, -0.15) is 5.26 Å². The quantitative estimate of drug-likeness (QED) is 0.0372. The Labute approximate surface area is 690 Å². The summed E-state index contributed by atoms with van der Waals surface area (Å²) in [5, 5.41) is 20.6. The van der Waals surface area contributed by atoms with Crippen LogP contribution in [-0.2, 0) is 16.2 Å². The van der Waals surface area contributed by atoms with Gasteiger partial charge in [-0.05, 0) is 215 Å². The molecule has 0 bridgehead atoms. The van der Waals surface area contributed by atoms with Crippen LogP contribution in [0.15, 0.2) is 388 Å². The van der Waals surface area contributed by atoms with Crippen LogP contribution in [0.5, 0.6) is 0 Å². The highest BCUT2D eigenvalue weighted by Gasteiger charge is 2.45. The van der Waals surface area contributed by atoms with Gasteiger partial charge in [0.15, 0.2) is 21.8 Å². The predicted octanol–water partition coefficient (Wildman–Crippen LogP) is 23.1. The first-order valence-corrected chi connectivity index (χ1v) is 44.5. The lowest BCUT2D eigenvalue weighted by Crippen LogP contribution is -2.74. The number of hydrogen-bond acceptors (Lipinski definition) is 3. The highest BCUT2D eigenvalue weighted by Crippen LogP contribution is 2.54. The van der Waals surface area contributed by atoms with Crippen LogP contribution in [0.25, 0.3) is 62.5 Å². The van der Waals surface area contributed by atoms with E-state index >= 15 is 0 Å². The van der Waals surface area contributed by atoms with Crippen molar-refractivity contribution in [2.75, 3.05) is 9.80 Å². The van der Waals surface area contributed by atoms with E-state index in [0.29, 0.717) is 11.3 Å². The van der Waals surface area contributed by atoms with Crippen molar-refractivity contribution >= 4 is 122 Å². The maximum absolute atomic E-state index is 9.95. The van der Waals surface area contributed by atoms with Crippen LogP contribution in [0.3, 0.4) is 0 Å². The number of anilines is 6. The molecule has 16 aromatic carbocycles. The molecule has 0 unspecified atom stereocenters. The summed E-state index contributed by atoms with van der Waals surface area (Å²) in [5.74, 6) is 0. The summed E-state index contributed by atoms with van der Waals surface area (Å²) < 4.78 is 0. The lowest BCUT2D eigenvalue weighted by Gasteiger charge is -2.35. The van der Waals surface area contributed by atoms with E-state index in [-0.39, 0.29) is 16.2 Å². The van der Waals surface area contributed by atoms with Gasteiger partial charge in [-0.25, -0.2) is 4.85 Å². The number of benzene rings is 16. The second-order valence-corrected chi connectivity index (χ2v) is 40.6. The first kappa shape index (κ1) is 73.2. The largest absolute Gasteiger partial charge is 0.311 e. The van der Waals surface area contributed by atoms with Crippen molar-refractivity contribution in [2.45, 2.75) is 57.8 Å². The summed E-state index contributed by atoms with van der Waals surface area (Å²) in [7, 11) is -5.53.